The molecule has 3 rings (SSSR count). The van der Waals surface area contributed by atoms with Crippen molar-refractivity contribution in [2.75, 3.05) is 10.6 Å². The van der Waals surface area contributed by atoms with E-state index in [2.05, 4.69) is 10.6 Å². The zero-order chi connectivity index (χ0) is 24.9. The molecular formula is C25H21F3N2O4. The molecule has 2 N–H and O–H groups in total. The van der Waals surface area contributed by atoms with Crippen molar-refractivity contribution in [1.29, 1.82) is 0 Å². The van der Waals surface area contributed by atoms with E-state index in [1.807, 2.05) is 0 Å². The standard InChI is InChI=1S/C25H21F3N2O4/c1-15(23(32)30-20-13-11-19(12-14-20)29-16(2)31)34-24(33)22-6-4-3-5-21(22)17-7-9-18(10-8-17)25(26,27)28/h3-15H,1-2H3,(H,29,31)(H,30,32). The Labute approximate surface area is 193 Å². The van der Waals surface area contributed by atoms with Gasteiger partial charge < -0.3 is 15.4 Å². The lowest BCUT2D eigenvalue weighted by Gasteiger charge is -2.16. The van der Waals surface area contributed by atoms with Gasteiger partial charge in [-0.3, -0.25) is 9.59 Å². The van der Waals surface area contributed by atoms with Gasteiger partial charge in [-0.25, -0.2) is 4.79 Å². The van der Waals surface area contributed by atoms with E-state index in [0.29, 0.717) is 22.5 Å². The molecule has 1 unspecified atom stereocenters. The minimum absolute atomic E-state index is 0.113. The molecule has 0 aliphatic rings. The van der Waals surface area contributed by atoms with Gasteiger partial charge in [0.25, 0.3) is 5.91 Å². The summed E-state index contributed by atoms with van der Waals surface area (Å²) in [5.74, 6) is -1.60. The quantitative estimate of drug-likeness (QED) is 0.465. The third-order valence-corrected chi connectivity index (χ3v) is 4.80. The van der Waals surface area contributed by atoms with Crippen molar-refractivity contribution < 1.29 is 32.3 Å². The van der Waals surface area contributed by atoms with Crippen LogP contribution < -0.4 is 10.6 Å². The van der Waals surface area contributed by atoms with E-state index in [4.69, 9.17) is 4.74 Å². The Balaban J connectivity index is 1.69. The molecule has 0 saturated carbocycles. The highest BCUT2D eigenvalue weighted by atomic mass is 19.4. The predicted octanol–water partition coefficient (Wildman–Crippen LogP) is 5.51. The number of esters is 1. The number of halogens is 3. The van der Waals surface area contributed by atoms with E-state index in [-0.39, 0.29) is 11.5 Å². The Bertz CT molecular complexity index is 1190. The summed E-state index contributed by atoms with van der Waals surface area (Å²) in [6.45, 7) is 2.78. The molecule has 0 radical (unpaired) electrons. The Morgan fingerprint density at radius 3 is 1.94 bits per heavy atom. The average molecular weight is 470 g/mol. The van der Waals surface area contributed by atoms with Crippen LogP contribution in [-0.4, -0.2) is 23.9 Å². The lowest BCUT2D eigenvalue weighted by atomic mass is 9.98. The van der Waals surface area contributed by atoms with Crippen LogP contribution in [-0.2, 0) is 20.5 Å². The number of hydrogen-bond donors (Lipinski definition) is 2. The van der Waals surface area contributed by atoms with Crippen molar-refractivity contribution >= 4 is 29.2 Å². The molecule has 9 heteroatoms. The fourth-order valence-electron chi connectivity index (χ4n) is 3.11. The number of carbonyl (C=O) groups is 3. The van der Waals surface area contributed by atoms with Gasteiger partial charge in [-0.05, 0) is 60.5 Å². The first-order chi connectivity index (χ1) is 16.0. The summed E-state index contributed by atoms with van der Waals surface area (Å²) in [5, 5.41) is 5.22. The van der Waals surface area contributed by atoms with E-state index >= 15 is 0 Å². The van der Waals surface area contributed by atoms with Crippen molar-refractivity contribution in [2.24, 2.45) is 0 Å². The third-order valence-electron chi connectivity index (χ3n) is 4.80. The molecule has 0 spiro atoms. The Hall–Kier alpha value is -4.14. The first-order valence-corrected chi connectivity index (χ1v) is 10.2. The number of benzene rings is 3. The molecule has 3 aromatic carbocycles. The first-order valence-electron chi connectivity index (χ1n) is 10.2. The smallest absolute Gasteiger partial charge is 0.416 e. The summed E-state index contributed by atoms with van der Waals surface area (Å²) in [5.41, 5.74) is 1.09. The molecule has 0 saturated heterocycles. The van der Waals surface area contributed by atoms with Gasteiger partial charge in [-0.2, -0.15) is 13.2 Å². The first kappa shape index (κ1) is 24.5. The highest BCUT2D eigenvalue weighted by molar-refractivity contribution is 6.00. The predicted molar refractivity (Wildman–Crippen MR) is 121 cm³/mol. The molecule has 1 atom stereocenters. The molecule has 6 nitrogen and oxygen atoms in total. The van der Waals surface area contributed by atoms with Crippen LogP contribution in [0.3, 0.4) is 0 Å². The topological polar surface area (TPSA) is 84.5 Å². The highest BCUT2D eigenvalue weighted by Crippen LogP contribution is 2.32. The molecule has 0 aliphatic heterocycles. The van der Waals surface area contributed by atoms with E-state index in [9.17, 15) is 27.6 Å². The maximum absolute atomic E-state index is 12.8. The molecule has 0 fully saturated rings. The maximum Gasteiger partial charge on any atom is 0.416 e. The fraction of sp³-hybridized carbons (Fsp3) is 0.160. The lowest BCUT2D eigenvalue weighted by Crippen LogP contribution is -2.30. The van der Waals surface area contributed by atoms with Crippen LogP contribution in [0.5, 0.6) is 0 Å². The number of carbonyl (C=O) groups excluding carboxylic acids is 3. The molecule has 0 bridgehead atoms. The highest BCUT2D eigenvalue weighted by Gasteiger charge is 2.30. The number of hydrogen-bond acceptors (Lipinski definition) is 4. The largest absolute Gasteiger partial charge is 0.449 e. The lowest BCUT2D eigenvalue weighted by molar-refractivity contribution is -0.137. The van der Waals surface area contributed by atoms with E-state index < -0.39 is 29.7 Å². The van der Waals surface area contributed by atoms with Crippen LogP contribution in [0.1, 0.15) is 29.8 Å². The van der Waals surface area contributed by atoms with E-state index in [0.717, 1.165) is 12.1 Å². The zero-order valence-electron chi connectivity index (χ0n) is 18.3. The minimum Gasteiger partial charge on any atom is -0.449 e. The number of alkyl halides is 3. The molecule has 3 aromatic rings. The minimum atomic E-state index is -4.47. The number of amides is 2. The molecule has 176 valence electrons. The van der Waals surface area contributed by atoms with Gasteiger partial charge in [0.2, 0.25) is 5.91 Å². The Morgan fingerprint density at radius 2 is 1.38 bits per heavy atom. The van der Waals surface area contributed by atoms with Crippen molar-refractivity contribution in [3.8, 4) is 11.1 Å². The van der Waals surface area contributed by atoms with Crippen LogP contribution in [0.2, 0.25) is 0 Å². The van der Waals surface area contributed by atoms with Gasteiger partial charge in [0.15, 0.2) is 6.10 Å². The van der Waals surface area contributed by atoms with Crippen LogP contribution in [0.25, 0.3) is 11.1 Å². The summed E-state index contributed by atoms with van der Waals surface area (Å²) < 4.78 is 43.8. The average Bonchev–Trinajstić information content (AvgIpc) is 2.79. The van der Waals surface area contributed by atoms with Gasteiger partial charge in [-0.15, -0.1) is 0 Å². The number of nitrogens with one attached hydrogen (secondary N) is 2. The van der Waals surface area contributed by atoms with Crippen LogP contribution in [0, 0.1) is 0 Å². The molecule has 2 amide bonds. The van der Waals surface area contributed by atoms with Crippen molar-refractivity contribution in [1.82, 2.24) is 0 Å². The van der Waals surface area contributed by atoms with Gasteiger partial charge in [0.05, 0.1) is 11.1 Å². The van der Waals surface area contributed by atoms with Gasteiger partial charge in [-0.1, -0.05) is 30.3 Å². The molecule has 0 aliphatic carbocycles. The summed E-state index contributed by atoms with van der Waals surface area (Å²) in [4.78, 5) is 36.3. The summed E-state index contributed by atoms with van der Waals surface area (Å²) in [6, 6.07) is 17.1. The molecule has 34 heavy (non-hydrogen) atoms. The Morgan fingerprint density at radius 1 is 0.824 bits per heavy atom. The third kappa shape index (κ3) is 6.22. The molecular weight excluding hydrogens is 449 g/mol. The van der Waals surface area contributed by atoms with Gasteiger partial charge in [0, 0.05) is 18.3 Å². The number of anilines is 2. The maximum atomic E-state index is 12.8. The SMILES string of the molecule is CC(=O)Nc1ccc(NC(=O)C(C)OC(=O)c2ccccc2-c2ccc(C(F)(F)F)cc2)cc1. The second-order valence-electron chi connectivity index (χ2n) is 7.42. The molecule has 0 aromatic heterocycles. The van der Waals surface area contributed by atoms with Crippen LogP contribution in [0.15, 0.2) is 72.8 Å². The Kier molecular flexibility index (Phi) is 7.35. The summed E-state index contributed by atoms with van der Waals surface area (Å²) in [7, 11) is 0. The van der Waals surface area contributed by atoms with Gasteiger partial charge >= 0.3 is 12.1 Å². The second kappa shape index (κ2) is 10.2. The van der Waals surface area contributed by atoms with Crippen molar-refractivity contribution in [3.05, 3.63) is 83.9 Å². The van der Waals surface area contributed by atoms with Crippen molar-refractivity contribution in [2.45, 2.75) is 26.1 Å². The monoisotopic (exact) mass is 470 g/mol. The normalized spacial score (nSPS) is 11.9. The van der Waals surface area contributed by atoms with Crippen LogP contribution >= 0.6 is 0 Å². The van der Waals surface area contributed by atoms with E-state index in [1.165, 1.54) is 32.0 Å². The van der Waals surface area contributed by atoms with E-state index in [1.54, 1.807) is 42.5 Å². The van der Waals surface area contributed by atoms with Gasteiger partial charge in [0.1, 0.15) is 0 Å². The number of rotatable bonds is 6. The summed E-state index contributed by atoms with van der Waals surface area (Å²) >= 11 is 0. The summed E-state index contributed by atoms with van der Waals surface area (Å²) in [6.07, 6.45) is -5.62. The zero-order valence-corrected chi connectivity index (χ0v) is 18.3. The number of ether oxygens (including phenoxy) is 1. The second-order valence-corrected chi connectivity index (χ2v) is 7.42. The molecule has 0 heterocycles. The fourth-order valence-corrected chi connectivity index (χ4v) is 3.11. The van der Waals surface area contributed by atoms with Crippen LogP contribution in [0.4, 0.5) is 24.5 Å². The van der Waals surface area contributed by atoms with Crippen molar-refractivity contribution in [3.63, 3.8) is 0 Å².